The van der Waals surface area contributed by atoms with Crippen LogP contribution in [0.2, 0.25) is 0 Å². The van der Waals surface area contributed by atoms with E-state index in [9.17, 15) is 20.1 Å². The van der Waals surface area contributed by atoms with Crippen LogP contribution < -0.4 is 0 Å². The minimum Gasteiger partial charge on any atom is -0.481 e. The number of aliphatic hydroxyl groups is 3. The molecule has 0 aromatic carbocycles. The van der Waals surface area contributed by atoms with Crippen LogP contribution in [0, 0.1) is 0 Å². The van der Waals surface area contributed by atoms with Crippen LogP contribution in [0.25, 0.3) is 0 Å². The van der Waals surface area contributed by atoms with E-state index in [2.05, 4.69) is 6.92 Å². The minimum atomic E-state index is -0.852. The number of unbranched alkanes of at least 4 members (excludes halogenated alkanes) is 3. The second-order valence-corrected chi connectivity index (χ2v) is 6.95. The first-order valence-electron chi connectivity index (χ1n) is 9.68. The number of ether oxygens (including phenoxy) is 1. The first-order valence-corrected chi connectivity index (χ1v) is 9.68. The van der Waals surface area contributed by atoms with E-state index in [4.69, 9.17) is 9.84 Å². The van der Waals surface area contributed by atoms with E-state index in [-0.39, 0.29) is 12.5 Å². The smallest absolute Gasteiger partial charge is 0.303 e. The third-order valence-electron chi connectivity index (χ3n) is 4.56. The summed E-state index contributed by atoms with van der Waals surface area (Å²) in [6.45, 7) is 2.12. The molecule has 4 N–H and O–H groups in total. The largest absolute Gasteiger partial charge is 0.481 e. The van der Waals surface area contributed by atoms with E-state index < -0.39 is 30.4 Å². The molecule has 0 saturated carbocycles. The van der Waals surface area contributed by atoms with Gasteiger partial charge in [0.1, 0.15) is 0 Å². The molecule has 1 aliphatic rings. The Labute approximate surface area is 156 Å². The third-order valence-corrected chi connectivity index (χ3v) is 4.56. The van der Waals surface area contributed by atoms with Crippen LogP contribution >= 0.6 is 0 Å². The number of allylic oxidation sites excluding steroid dienone is 1. The molecule has 5 atom stereocenters. The van der Waals surface area contributed by atoms with Crippen LogP contribution in [0.5, 0.6) is 0 Å². The maximum atomic E-state index is 10.4. The van der Waals surface area contributed by atoms with Crippen LogP contribution in [0.1, 0.15) is 64.7 Å². The molecule has 1 aliphatic heterocycles. The highest BCUT2D eigenvalue weighted by Gasteiger charge is 2.36. The van der Waals surface area contributed by atoms with Crippen molar-refractivity contribution in [2.24, 2.45) is 0 Å². The first kappa shape index (κ1) is 22.8. The molecule has 1 saturated heterocycles. The molecular formula is C20H34O6. The van der Waals surface area contributed by atoms with Crippen LogP contribution in [0.4, 0.5) is 0 Å². The van der Waals surface area contributed by atoms with Crippen molar-refractivity contribution in [3.63, 3.8) is 0 Å². The van der Waals surface area contributed by atoms with Gasteiger partial charge in [-0.2, -0.15) is 0 Å². The molecule has 6 heteroatoms. The summed E-state index contributed by atoms with van der Waals surface area (Å²) >= 11 is 0. The normalized spacial score (nSPS) is 25.9. The van der Waals surface area contributed by atoms with Gasteiger partial charge in [0.15, 0.2) is 0 Å². The van der Waals surface area contributed by atoms with Gasteiger partial charge in [0.05, 0.1) is 30.5 Å². The van der Waals surface area contributed by atoms with Gasteiger partial charge in [0.2, 0.25) is 0 Å². The molecule has 150 valence electrons. The summed E-state index contributed by atoms with van der Waals surface area (Å²) in [5.74, 6) is -0.804. The Balaban J connectivity index is 2.27. The van der Waals surface area contributed by atoms with Crippen LogP contribution in [0.3, 0.4) is 0 Å². The second-order valence-electron chi connectivity index (χ2n) is 6.95. The van der Waals surface area contributed by atoms with E-state index >= 15 is 0 Å². The minimum absolute atomic E-state index is 0.145. The average Bonchev–Trinajstić information content (AvgIpc) is 2.97. The maximum absolute atomic E-state index is 10.4. The lowest BCUT2D eigenvalue weighted by Crippen LogP contribution is -2.25. The fraction of sp³-hybridized carbons (Fsp3) is 0.750. The van der Waals surface area contributed by atoms with Gasteiger partial charge in [0.25, 0.3) is 0 Å². The number of carboxylic acid groups (broad SMARTS) is 1. The SMILES string of the molecule is CCCCC[C@H]1O[C@H]([C@@H](O)/C=C\[C@H](O)C/C=C\CCCC(=O)O)C[C@H]1O. The molecule has 0 aromatic heterocycles. The highest BCUT2D eigenvalue weighted by molar-refractivity contribution is 5.66. The number of rotatable bonds is 13. The lowest BCUT2D eigenvalue weighted by molar-refractivity contribution is -0.137. The second kappa shape index (κ2) is 13.0. The molecule has 1 heterocycles. The number of hydrogen-bond donors (Lipinski definition) is 4. The Morgan fingerprint density at radius 1 is 1.19 bits per heavy atom. The standard InChI is InChI=1S/C20H34O6/c1-2-3-6-10-18-17(23)14-19(26-18)16(22)13-12-15(21)9-7-4-5-8-11-20(24)25/h4,7,12-13,15-19,21-23H,2-3,5-6,8-11,14H2,1H3,(H,24,25)/b7-4-,13-12-/t15-,16+,17-,18-,19+/m1/s1. The third kappa shape index (κ3) is 9.48. The van der Waals surface area contributed by atoms with Gasteiger partial charge in [-0.25, -0.2) is 0 Å². The highest BCUT2D eigenvalue weighted by atomic mass is 16.5. The molecule has 0 aliphatic carbocycles. The molecule has 0 amide bonds. The molecule has 1 fully saturated rings. The van der Waals surface area contributed by atoms with Crippen molar-refractivity contribution in [1.82, 2.24) is 0 Å². The molecular weight excluding hydrogens is 336 g/mol. The van der Waals surface area contributed by atoms with Crippen molar-refractivity contribution in [1.29, 1.82) is 0 Å². The van der Waals surface area contributed by atoms with Gasteiger partial charge in [-0.05, 0) is 25.7 Å². The zero-order chi connectivity index (χ0) is 19.4. The number of aliphatic carboxylic acids is 1. The summed E-state index contributed by atoms with van der Waals surface area (Å²) in [5, 5.41) is 38.7. The van der Waals surface area contributed by atoms with Crippen LogP contribution in [-0.2, 0) is 9.53 Å². The van der Waals surface area contributed by atoms with E-state index in [1.165, 1.54) is 12.2 Å². The first-order chi connectivity index (χ1) is 12.4. The average molecular weight is 370 g/mol. The molecule has 6 nitrogen and oxygen atoms in total. The number of hydrogen-bond acceptors (Lipinski definition) is 5. The summed E-state index contributed by atoms with van der Waals surface area (Å²) in [6, 6.07) is 0. The van der Waals surface area contributed by atoms with Crippen molar-refractivity contribution < 1.29 is 30.0 Å². The van der Waals surface area contributed by atoms with E-state index in [1.807, 2.05) is 12.2 Å². The van der Waals surface area contributed by atoms with Crippen molar-refractivity contribution in [2.75, 3.05) is 0 Å². The number of carboxylic acids is 1. The summed E-state index contributed by atoms with van der Waals surface area (Å²) in [7, 11) is 0. The highest BCUT2D eigenvalue weighted by Crippen LogP contribution is 2.27. The van der Waals surface area contributed by atoms with Crippen molar-refractivity contribution in [2.45, 2.75) is 95.2 Å². The van der Waals surface area contributed by atoms with Gasteiger partial charge in [-0.15, -0.1) is 0 Å². The lowest BCUT2D eigenvalue weighted by Gasteiger charge is -2.17. The zero-order valence-electron chi connectivity index (χ0n) is 15.7. The van der Waals surface area contributed by atoms with Crippen molar-refractivity contribution >= 4 is 5.97 Å². The Morgan fingerprint density at radius 2 is 1.96 bits per heavy atom. The zero-order valence-corrected chi connectivity index (χ0v) is 15.7. The Hall–Kier alpha value is -1.21. The van der Waals surface area contributed by atoms with Gasteiger partial charge >= 0.3 is 5.97 Å². The molecule has 26 heavy (non-hydrogen) atoms. The molecule has 0 bridgehead atoms. The summed E-state index contributed by atoms with van der Waals surface area (Å²) in [4.78, 5) is 10.4. The topological polar surface area (TPSA) is 107 Å². The predicted molar refractivity (Wildman–Crippen MR) is 99.8 cm³/mol. The fourth-order valence-electron chi connectivity index (χ4n) is 3.01. The van der Waals surface area contributed by atoms with E-state index in [0.717, 1.165) is 25.7 Å². The van der Waals surface area contributed by atoms with Gasteiger partial charge < -0.3 is 25.2 Å². The van der Waals surface area contributed by atoms with Crippen LogP contribution in [-0.4, -0.2) is 56.9 Å². The molecule has 0 spiro atoms. The molecule has 0 aromatic rings. The number of aliphatic hydroxyl groups excluding tert-OH is 3. The maximum Gasteiger partial charge on any atom is 0.303 e. The molecule has 1 rings (SSSR count). The number of carbonyl (C=O) groups is 1. The van der Waals surface area contributed by atoms with Gasteiger partial charge in [0, 0.05) is 12.8 Å². The van der Waals surface area contributed by atoms with Crippen molar-refractivity contribution in [3.8, 4) is 0 Å². The quantitative estimate of drug-likeness (QED) is 0.293. The summed E-state index contributed by atoms with van der Waals surface area (Å²) in [5.41, 5.74) is 0. The monoisotopic (exact) mass is 370 g/mol. The summed E-state index contributed by atoms with van der Waals surface area (Å²) < 4.78 is 5.76. The van der Waals surface area contributed by atoms with E-state index in [0.29, 0.717) is 25.7 Å². The summed E-state index contributed by atoms with van der Waals surface area (Å²) in [6.07, 6.45) is 10.2. The molecule has 0 radical (unpaired) electrons. The van der Waals surface area contributed by atoms with E-state index in [1.54, 1.807) is 0 Å². The van der Waals surface area contributed by atoms with Crippen LogP contribution in [0.15, 0.2) is 24.3 Å². The Morgan fingerprint density at radius 3 is 2.65 bits per heavy atom. The Kier molecular flexibility index (Phi) is 11.4. The van der Waals surface area contributed by atoms with Gasteiger partial charge in [-0.3, -0.25) is 4.79 Å². The Bertz CT molecular complexity index is 448. The molecule has 0 unspecified atom stereocenters. The lowest BCUT2D eigenvalue weighted by atomic mass is 10.0. The predicted octanol–water partition coefficient (Wildman–Crippen LogP) is 2.56. The van der Waals surface area contributed by atoms with Crippen molar-refractivity contribution in [3.05, 3.63) is 24.3 Å². The van der Waals surface area contributed by atoms with Gasteiger partial charge in [-0.1, -0.05) is 50.5 Å². The fourth-order valence-corrected chi connectivity index (χ4v) is 3.01.